The van der Waals surface area contributed by atoms with Gasteiger partial charge < -0.3 is 4.74 Å². The highest BCUT2D eigenvalue weighted by atomic mass is 35.5. The molecule has 2 heterocycles. The molecule has 0 bridgehead atoms. The molecule has 2 aromatic heterocycles. The van der Waals surface area contributed by atoms with Gasteiger partial charge in [0.1, 0.15) is 34.7 Å². The second-order valence-corrected chi connectivity index (χ2v) is 5.74. The minimum Gasteiger partial charge on any atom is -0.437 e. The van der Waals surface area contributed by atoms with Crippen LogP contribution in [-0.4, -0.2) is 9.38 Å². The molecule has 0 saturated heterocycles. The van der Waals surface area contributed by atoms with Crippen molar-refractivity contribution >= 4 is 23.3 Å². The highest BCUT2D eigenvalue weighted by Crippen LogP contribution is 2.30. The molecule has 7 heteroatoms. The van der Waals surface area contributed by atoms with Gasteiger partial charge in [0.2, 0.25) is 5.88 Å². The Kier molecular flexibility index (Phi) is 4.70. The highest BCUT2D eigenvalue weighted by Gasteiger charge is 2.16. The summed E-state index contributed by atoms with van der Waals surface area (Å²) in [6.45, 7) is 1.81. The first-order chi connectivity index (χ1) is 12.5. The Morgan fingerprint density at radius 2 is 1.96 bits per heavy atom. The molecule has 0 fully saturated rings. The maximum Gasteiger partial charge on any atom is 0.269 e. The molecule has 0 aliphatic carbocycles. The first-order valence-electron chi connectivity index (χ1n) is 7.51. The number of hydrogen-bond donors (Lipinski definition) is 0. The Morgan fingerprint density at radius 1 is 1.23 bits per heavy atom. The fourth-order valence-corrected chi connectivity index (χ4v) is 2.53. The van der Waals surface area contributed by atoms with Crippen LogP contribution in [0.25, 0.3) is 11.7 Å². The van der Waals surface area contributed by atoms with Gasteiger partial charge in [-0.15, -0.1) is 0 Å². The topological polar surface area (TPSA) is 91.2 Å². The summed E-state index contributed by atoms with van der Waals surface area (Å²) in [6, 6.07) is 13.7. The molecule has 0 unspecified atom stereocenters. The lowest BCUT2D eigenvalue weighted by Gasteiger charge is -2.11. The fourth-order valence-electron chi connectivity index (χ4n) is 2.36. The van der Waals surface area contributed by atoms with Crippen molar-refractivity contribution in [3.63, 3.8) is 0 Å². The van der Waals surface area contributed by atoms with Crippen molar-refractivity contribution in [3.8, 4) is 23.8 Å². The molecular weight excluding hydrogens is 352 g/mol. The lowest BCUT2D eigenvalue weighted by molar-refractivity contribution is 0.461. The lowest BCUT2D eigenvalue weighted by atomic mass is 10.2. The van der Waals surface area contributed by atoms with Gasteiger partial charge in [0.15, 0.2) is 0 Å². The Hall–Kier alpha value is -3.61. The van der Waals surface area contributed by atoms with E-state index in [1.165, 1.54) is 4.40 Å². The summed E-state index contributed by atoms with van der Waals surface area (Å²) in [5, 5.41) is 18.4. The highest BCUT2D eigenvalue weighted by molar-refractivity contribution is 6.32. The number of allylic oxidation sites excluding steroid dienone is 1. The van der Waals surface area contributed by atoms with Gasteiger partial charge in [0, 0.05) is 6.20 Å². The molecule has 0 atom stereocenters. The molecule has 0 N–H and O–H groups in total. The molecule has 6 nitrogen and oxygen atoms in total. The van der Waals surface area contributed by atoms with Gasteiger partial charge in [0.25, 0.3) is 5.56 Å². The van der Waals surface area contributed by atoms with Crippen molar-refractivity contribution in [1.82, 2.24) is 9.38 Å². The Morgan fingerprint density at radius 3 is 2.65 bits per heavy atom. The molecule has 3 rings (SSSR count). The summed E-state index contributed by atoms with van der Waals surface area (Å²) in [7, 11) is 0. The van der Waals surface area contributed by atoms with Crippen molar-refractivity contribution in [1.29, 1.82) is 10.5 Å². The molecule has 126 valence electrons. The third-order valence-corrected chi connectivity index (χ3v) is 3.93. The molecule has 0 amide bonds. The van der Waals surface area contributed by atoms with Crippen LogP contribution in [0.5, 0.6) is 11.6 Å². The number of aromatic nitrogens is 2. The van der Waals surface area contributed by atoms with E-state index in [1.807, 2.05) is 13.0 Å². The zero-order valence-corrected chi connectivity index (χ0v) is 14.4. The van der Waals surface area contributed by atoms with Crippen LogP contribution in [0.2, 0.25) is 5.02 Å². The Labute approximate surface area is 153 Å². The lowest BCUT2D eigenvalue weighted by Crippen LogP contribution is -2.19. The van der Waals surface area contributed by atoms with Gasteiger partial charge in [-0.1, -0.05) is 29.8 Å². The molecule has 3 aromatic rings. The van der Waals surface area contributed by atoms with E-state index in [4.69, 9.17) is 26.9 Å². The van der Waals surface area contributed by atoms with Crippen molar-refractivity contribution in [2.45, 2.75) is 6.92 Å². The van der Waals surface area contributed by atoms with Gasteiger partial charge in [0.05, 0.1) is 5.02 Å². The summed E-state index contributed by atoms with van der Waals surface area (Å²) in [4.78, 5) is 17.3. The summed E-state index contributed by atoms with van der Waals surface area (Å²) in [5.41, 5.74) is 0.479. The number of ether oxygens (including phenoxy) is 1. The third-order valence-electron chi connectivity index (χ3n) is 3.62. The van der Waals surface area contributed by atoms with Crippen LogP contribution in [0.15, 0.2) is 53.0 Å². The van der Waals surface area contributed by atoms with Crippen molar-refractivity contribution < 1.29 is 4.74 Å². The molecule has 0 saturated carbocycles. The minimum absolute atomic E-state index is 0.00822. The predicted octanol–water partition coefficient (Wildman–Crippen LogP) is 3.88. The minimum atomic E-state index is -0.455. The van der Waals surface area contributed by atoms with Gasteiger partial charge in [-0.05, 0) is 36.8 Å². The van der Waals surface area contributed by atoms with E-state index in [0.29, 0.717) is 16.4 Å². The smallest absolute Gasteiger partial charge is 0.269 e. The summed E-state index contributed by atoms with van der Waals surface area (Å²) >= 11 is 6.12. The zero-order valence-electron chi connectivity index (χ0n) is 13.6. The average molecular weight is 363 g/mol. The van der Waals surface area contributed by atoms with Gasteiger partial charge in [-0.25, -0.2) is 0 Å². The zero-order chi connectivity index (χ0) is 18.7. The molecule has 0 spiro atoms. The number of hydrogen-bond acceptors (Lipinski definition) is 5. The predicted molar refractivity (Wildman–Crippen MR) is 96.9 cm³/mol. The van der Waals surface area contributed by atoms with Crippen LogP contribution in [-0.2, 0) is 0 Å². The van der Waals surface area contributed by atoms with Crippen molar-refractivity contribution in [2.24, 2.45) is 0 Å². The number of benzene rings is 1. The third kappa shape index (κ3) is 3.14. The number of aryl methyl sites for hydroxylation is 1. The van der Waals surface area contributed by atoms with Gasteiger partial charge >= 0.3 is 0 Å². The Bertz CT molecular complexity index is 1170. The maximum absolute atomic E-state index is 12.9. The van der Waals surface area contributed by atoms with E-state index >= 15 is 0 Å². The van der Waals surface area contributed by atoms with E-state index in [2.05, 4.69) is 4.98 Å². The first kappa shape index (κ1) is 17.2. The van der Waals surface area contributed by atoms with Crippen molar-refractivity contribution in [2.75, 3.05) is 0 Å². The Balaban J connectivity index is 2.32. The average Bonchev–Trinajstić information content (AvgIpc) is 2.64. The van der Waals surface area contributed by atoms with E-state index in [1.54, 1.807) is 48.7 Å². The number of halogens is 1. The number of fused-ring (bicyclic) bond motifs is 1. The van der Waals surface area contributed by atoms with Crippen LogP contribution in [0.3, 0.4) is 0 Å². The fraction of sp³-hybridized carbons (Fsp3) is 0.0526. The molecule has 0 aliphatic heterocycles. The number of pyridine rings is 1. The van der Waals surface area contributed by atoms with Crippen LogP contribution < -0.4 is 10.3 Å². The van der Waals surface area contributed by atoms with E-state index in [9.17, 15) is 4.79 Å². The molecule has 0 radical (unpaired) electrons. The van der Waals surface area contributed by atoms with E-state index in [0.717, 1.165) is 11.6 Å². The normalized spacial score (nSPS) is 10.0. The molecular formula is C19H11ClN4O2. The maximum atomic E-state index is 12.9. The van der Waals surface area contributed by atoms with Gasteiger partial charge in [-0.2, -0.15) is 15.5 Å². The van der Waals surface area contributed by atoms with Gasteiger partial charge in [-0.3, -0.25) is 9.20 Å². The molecule has 0 aliphatic rings. The van der Waals surface area contributed by atoms with Crippen LogP contribution in [0.4, 0.5) is 0 Å². The monoisotopic (exact) mass is 362 g/mol. The number of para-hydroxylation sites is 1. The van der Waals surface area contributed by atoms with E-state index in [-0.39, 0.29) is 17.0 Å². The second-order valence-electron chi connectivity index (χ2n) is 5.33. The number of nitrogens with zero attached hydrogens (tertiary/aromatic N) is 4. The quantitative estimate of drug-likeness (QED) is 0.659. The molecule has 1 aromatic carbocycles. The summed E-state index contributed by atoms with van der Waals surface area (Å²) < 4.78 is 7.09. The van der Waals surface area contributed by atoms with Crippen molar-refractivity contribution in [3.05, 3.63) is 74.7 Å². The number of nitriles is 2. The van der Waals surface area contributed by atoms with Crippen LogP contribution in [0, 0.1) is 29.6 Å². The van der Waals surface area contributed by atoms with E-state index < -0.39 is 5.56 Å². The standard InChI is InChI=1S/C19H11ClN4O2/c1-12-5-4-8-24-17(12)23-18(26-16-7-3-2-6-15(16)20)14(19(24)25)9-13(10-21)11-22/h2-9H,1H3. The largest absolute Gasteiger partial charge is 0.437 e. The summed E-state index contributed by atoms with van der Waals surface area (Å²) in [6.07, 6.45) is 2.73. The second kappa shape index (κ2) is 7.10. The van der Waals surface area contributed by atoms with Crippen LogP contribution in [0.1, 0.15) is 11.1 Å². The molecule has 26 heavy (non-hydrogen) atoms. The summed E-state index contributed by atoms with van der Waals surface area (Å²) in [5.74, 6) is 0.282. The number of rotatable bonds is 3. The SMILES string of the molecule is Cc1cccn2c(=O)c(C=C(C#N)C#N)c(Oc3ccccc3Cl)nc12. The van der Waals surface area contributed by atoms with Crippen LogP contribution >= 0.6 is 11.6 Å². The first-order valence-corrected chi connectivity index (χ1v) is 7.89.